The van der Waals surface area contributed by atoms with E-state index in [-0.39, 0.29) is 55.6 Å². The molecule has 4 aliphatic rings. The van der Waals surface area contributed by atoms with Crippen molar-refractivity contribution in [3.05, 3.63) is 110 Å². The number of carboxylic acid groups (broad SMARTS) is 1. The van der Waals surface area contributed by atoms with Gasteiger partial charge < -0.3 is 40.8 Å². The summed E-state index contributed by atoms with van der Waals surface area (Å²) in [5, 5.41) is 31.7. The number of pyridine rings is 2. The molecule has 0 bridgehead atoms. The average Bonchev–Trinajstić information content (AvgIpc) is 3.91. The predicted molar refractivity (Wildman–Crippen MR) is 257 cm³/mol. The van der Waals surface area contributed by atoms with Crippen LogP contribution in [0.5, 0.6) is 0 Å². The van der Waals surface area contributed by atoms with Gasteiger partial charge in [0.2, 0.25) is 23.6 Å². The van der Waals surface area contributed by atoms with E-state index in [1.54, 1.807) is 50.2 Å². The highest BCUT2D eigenvalue weighted by Gasteiger charge is 2.46. The fourth-order valence-electron chi connectivity index (χ4n) is 10.0. The zero-order valence-electron chi connectivity index (χ0n) is 40.3. The molecule has 0 fully saturated rings. The quantitative estimate of drug-likeness (QED) is 0.0446. The van der Waals surface area contributed by atoms with Crippen LogP contribution in [-0.4, -0.2) is 109 Å². The summed E-state index contributed by atoms with van der Waals surface area (Å²) >= 11 is 0. The molecule has 0 unspecified atom stereocenters. The number of benzene rings is 2. The minimum Gasteiger partial charge on any atom is -0.481 e. The fourth-order valence-corrected chi connectivity index (χ4v) is 10.0. The normalized spacial score (nSPS) is 17.9. The van der Waals surface area contributed by atoms with Crippen LogP contribution >= 0.6 is 0 Å². The lowest BCUT2D eigenvalue weighted by atomic mass is 9.81. The van der Waals surface area contributed by atoms with Crippen molar-refractivity contribution in [1.29, 1.82) is 0 Å². The Hall–Kier alpha value is -8.27. The topological polar surface area (TPSA) is 307 Å². The molecular formula is C52H52FN7O14. The van der Waals surface area contributed by atoms with E-state index >= 15 is 4.39 Å². The summed E-state index contributed by atoms with van der Waals surface area (Å²) in [7, 11) is 0. The Morgan fingerprint density at radius 3 is 2.32 bits per heavy atom. The Balaban J connectivity index is 0.908. The number of halogens is 1. The molecule has 74 heavy (non-hydrogen) atoms. The van der Waals surface area contributed by atoms with Crippen molar-refractivity contribution in [3.63, 3.8) is 0 Å². The van der Waals surface area contributed by atoms with E-state index in [0.717, 1.165) is 17.1 Å². The molecule has 6 amide bonds. The van der Waals surface area contributed by atoms with Gasteiger partial charge in [-0.25, -0.2) is 14.2 Å². The van der Waals surface area contributed by atoms with Gasteiger partial charge >= 0.3 is 11.9 Å². The van der Waals surface area contributed by atoms with Gasteiger partial charge in [0.15, 0.2) is 17.2 Å². The summed E-state index contributed by atoms with van der Waals surface area (Å²) in [4.78, 5) is 147. The molecule has 386 valence electrons. The number of aromatic nitrogens is 2. The zero-order valence-corrected chi connectivity index (χ0v) is 40.3. The summed E-state index contributed by atoms with van der Waals surface area (Å²) in [6, 6.07) is 9.40. The van der Waals surface area contributed by atoms with Crippen LogP contribution in [0, 0.1) is 18.7 Å². The van der Waals surface area contributed by atoms with Gasteiger partial charge in [-0.15, -0.1) is 0 Å². The number of aryl methyl sites for hydroxylation is 1. The number of nitrogens with zero attached hydrogens (tertiary/aromatic N) is 3. The van der Waals surface area contributed by atoms with Crippen LogP contribution in [0.4, 0.5) is 4.39 Å². The second-order valence-electron chi connectivity index (χ2n) is 18.7. The summed E-state index contributed by atoms with van der Waals surface area (Å²) in [6.07, 6.45) is 0.194. The number of ketones is 2. The standard InChI is InChI=1S/C52H52FN7O14/c1-3-52(73)33-19-38-48-31(24-60(38)50(71)32(33)25-74-51(52)72)47-35(10-9-30-26(2)34(53)20-37(58-48)46(30)47)56-42(65)23-55-49(70)28(17-27-7-5-4-6-8-27)18-29(61)22-54-40(63)12-11-39(62)36(21-45(68)69)57-41(64)15-16-59-43(66)13-14-44(59)67/h4-8,13-14,19-20,28,35-36,73H,3,9-12,15-18,21-25H2,1-2H3,(H,54,63)(H,55,70)(H,56,65)(H,57,64)(H,68,69)/t28-,35+,36+,52+/m1/s1. The molecule has 4 aromatic rings. The molecule has 4 atom stereocenters. The van der Waals surface area contributed by atoms with Gasteiger partial charge in [-0.2, -0.15) is 0 Å². The highest BCUT2D eigenvalue weighted by atomic mass is 19.1. The number of carbonyl (C=O) groups excluding carboxylic acids is 9. The van der Waals surface area contributed by atoms with Crippen molar-refractivity contribution < 1.29 is 67.3 Å². The third-order valence-electron chi connectivity index (χ3n) is 14.0. The molecule has 5 heterocycles. The van der Waals surface area contributed by atoms with Crippen molar-refractivity contribution in [2.24, 2.45) is 5.92 Å². The number of hydrogen-bond acceptors (Lipinski definition) is 14. The Labute approximate surface area is 420 Å². The SMILES string of the molecule is CC[C@@]1(O)C(=O)OCc2c1cc1n(c2=O)Cc2c-1nc1cc(F)c(C)c3c1c2[C@@H](NC(=O)CNC(=O)[C@@H](CC(=O)CNC(=O)CCC(=O)[C@H](CC(=O)O)NC(=O)CCN1C(=O)C=CC1=O)Cc1ccccc1)CC3. The van der Waals surface area contributed by atoms with Gasteiger partial charge in [-0.3, -0.25) is 52.8 Å². The largest absolute Gasteiger partial charge is 0.481 e. The number of Topliss-reactive ketones (excluding diaryl/α,β-unsaturated/α-hetero) is 2. The van der Waals surface area contributed by atoms with E-state index in [1.165, 1.54) is 10.6 Å². The molecule has 0 radical (unpaired) electrons. The first kappa shape index (κ1) is 52.1. The number of aliphatic hydroxyl groups is 1. The first-order valence-corrected chi connectivity index (χ1v) is 24.1. The van der Waals surface area contributed by atoms with Crippen molar-refractivity contribution in [2.45, 2.75) is 102 Å². The molecule has 2 aromatic carbocycles. The van der Waals surface area contributed by atoms with Crippen LogP contribution in [0.25, 0.3) is 22.3 Å². The van der Waals surface area contributed by atoms with Crippen molar-refractivity contribution >= 4 is 69.9 Å². The number of carbonyl (C=O) groups is 10. The molecule has 21 nitrogen and oxygen atoms in total. The number of rotatable bonds is 21. The summed E-state index contributed by atoms with van der Waals surface area (Å²) in [5.74, 6) is -9.20. The first-order valence-electron chi connectivity index (χ1n) is 24.1. The van der Waals surface area contributed by atoms with Crippen molar-refractivity contribution in [3.8, 4) is 11.4 Å². The number of nitrogens with one attached hydrogen (secondary N) is 4. The third kappa shape index (κ3) is 10.6. The maximum absolute atomic E-state index is 15.5. The van der Waals surface area contributed by atoms with Gasteiger partial charge in [0.1, 0.15) is 12.4 Å². The number of esters is 1. The van der Waals surface area contributed by atoms with E-state index in [9.17, 15) is 63.0 Å². The van der Waals surface area contributed by atoms with Crippen molar-refractivity contribution in [1.82, 2.24) is 35.7 Å². The number of imide groups is 1. The number of ether oxygens (including phenoxy) is 1. The summed E-state index contributed by atoms with van der Waals surface area (Å²) in [5.41, 5.74) is 1.55. The van der Waals surface area contributed by atoms with E-state index in [2.05, 4.69) is 21.3 Å². The highest BCUT2D eigenvalue weighted by molar-refractivity contribution is 6.13. The molecule has 0 saturated carbocycles. The molecular weight excluding hydrogens is 966 g/mol. The fraction of sp³-hybridized carbons (Fsp3) is 0.385. The van der Waals surface area contributed by atoms with Gasteiger partial charge in [-0.05, 0) is 60.9 Å². The number of amides is 6. The minimum absolute atomic E-state index is 0.0158. The maximum Gasteiger partial charge on any atom is 0.343 e. The Morgan fingerprint density at radius 1 is 0.892 bits per heavy atom. The van der Waals surface area contributed by atoms with Gasteiger partial charge in [0.05, 0.1) is 60.6 Å². The van der Waals surface area contributed by atoms with Crippen LogP contribution in [-0.2, 0) is 84.3 Å². The van der Waals surface area contributed by atoms with E-state index < -0.39 is 133 Å². The Bertz CT molecular complexity index is 3150. The number of cyclic esters (lactones) is 1. The summed E-state index contributed by atoms with van der Waals surface area (Å²) < 4.78 is 22.1. The number of aliphatic carboxylic acids is 1. The van der Waals surface area contributed by atoms with E-state index in [1.807, 2.05) is 0 Å². The molecule has 3 aliphatic heterocycles. The monoisotopic (exact) mass is 1020 g/mol. The van der Waals surface area contributed by atoms with Crippen LogP contribution in [0.2, 0.25) is 0 Å². The number of fused-ring (bicyclic) bond motifs is 5. The lowest BCUT2D eigenvalue weighted by Crippen LogP contribution is -2.44. The number of hydrogen-bond donors (Lipinski definition) is 6. The molecule has 0 saturated heterocycles. The second kappa shape index (κ2) is 21.4. The third-order valence-corrected chi connectivity index (χ3v) is 14.0. The lowest BCUT2D eigenvalue weighted by Gasteiger charge is -2.31. The molecule has 6 N–H and O–H groups in total. The molecule has 2 aromatic heterocycles. The summed E-state index contributed by atoms with van der Waals surface area (Å²) in [6.45, 7) is 1.57. The Morgan fingerprint density at radius 2 is 1.62 bits per heavy atom. The van der Waals surface area contributed by atoms with Crippen LogP contribution in [0.1, 0.15) is 96.9 Å². The van der Waals surface area contributed by atoms with E-state index in [4.69, 9.17) is 9.72 Å². The Kier molecular flexibility index (Phi) is 15.1. The smallest absolute Gasteiger partial charge is 0.343 e. The molecule has 0 spiro atoms. The first-order chi connectivity index (χ1) is 35.3. The second-order valence-corrected chi connectivity index (χ2v) is 18.7. The van der Waals surface area contributed by atoms with Gasteiger partial charge in [-0.1, -0.05) is 37.3 Å². The molecule has 22 heteroatoms. The van der Waals surface area contributed by atoms with Gasteiger partial charge in [0, 0.05) is 72.9 Å². The highest BCUT2D eigenvalue weighted by Crippen LogP contribution is 2.46. The molecule has 1 aliphatic carbocycles. The van der Waals surface area contributed by atoms with Crippen LogP contribution in [0.15, 0.2) is 59.4 Å². The average molecular weight is 1020 g/mol. The zero-order chi connectivity index (χ0) is 53.2. The molecule has 8 rings (SSSR count). The number of carboxylic acids is 1. The van der Waals surface area contributed by atoms with Crippen LogP contribution in [0.3, 0.4) is 0 Å². The predicted octanol–water partition coefficient (Wildman–Crippen LogP) is 1.31. The maximum atomic E-state index is 15.5. The van der Waals surface area contributed by atoms with Gasteiger partial charge in [0.25, 0.3) is 17.4 Å². The van der Waals surface area contributed by atoms with Crippen LogP contribution < -0.4 is 26.8 Å². The van der Waals surface area contributed by atoms with E-state index in [0.29, 0.717) is 57.4 Å². The lowest BCUT2D eigenvalue weighted by molar-refractivity contribution is -0.172. The minimum atomic E-state index is -2.08. The van der Waals surface area contributed by atoms with Crippen molar-refractivity contribution in [2.75, 3.05) is 19.6 Å².